The summed E-state index contributed by atoms with van der Waals surface area (Å²) in [4.78, 5) is 3.98. The maximum Gasteiger partial charge on any atom is 0.262 e. The zero-order valence-electron chi connectivity index (χ0n) is 11.2. The summed E-state index contributed by atoms with van der Waals surface area (Å²) in [6.07, 6.45) is 3.83. The summed E-state index contributed by atoms with van der Waals surface area (Å²) in [5.74, 6) is 0.182. The van der Waals surface area contributed by atoms with Gasteiger partial charge in [0.25, 0.3) is 10.0 Å². The van der Waals surface area contributed by atoms with Crippen molar-refractivity contribution in [2.45, 2.75) is 37.9 Å². The number of halogens is 1. The zero-order valence-corrected chi connectivity index (χ0v) is 12.8. The fourth-order valence-corrected chi connectivity index (χ4v) is 3.61. The fourth-order valence-electron chi connectivity index (χ4n) is 2.12. The van der Waals surface area contributed by atoms with E-state index in [1.54, 1.807) is 17.1 Å². The summed E-state index contributed by atoms with van der Waals surface area (Å²) in [6, 6.07) is 0.0876. The molecule has 6 nitrogen and oxygen atoms in total. The second-order valence-electron chi connectivity index (χ2n) is 4.84. The molecule has 0 aliphatic carbocycles. The Bertz CT molecular complexity index is 517. The summed E-state index contributed by atoms with van der Waals surface area (Å²) in [5, 5.41) is 0.132. The standard InChI is InChI=1S/C11H20N4O2S.ClH/c1-3-14-7-11(13-8-14)18(16,17)15-5-4-10(12)9(2)6-15;/h7-10H,3-6,12H2,1-2H3;1H. The Morgan fingerprint density at radius 2 is 2.21 bits per heavy atom. The fraction of sp³-hybridized carbons (Fsp3) is 0.727. The Hall–Kier alpha value is -0.630. The predicted octanol–water partition coefficient (Wildman–Crippen LogP) is 0.683. The first-order valence-electron chi connectivity index (χ1n) is 6.22. The van der Waals surface area contributed by atoms with Crippen LogP contribution >= 0.6 is 12.4 Å². The second kappa shape index (κ2) is 6.21. The Labute approximate surface area is 120 Å². The van der Waals surface area contributed by atoms with Crippen molar-refractivity contribution in [3.8, 4) is 0 Å². The van der Waals surface area contributed by atoms with E-state index in [0.29, 0.717) is 26.1 Å². The maximum atomic E-state index is 12.4. The molecule has 0 bridgehead atoms. The third-order valence-electron chi connectivity index (χ3n) is 3.51. The Morgan fingerprint density at radius 1 is 1.53 bits per heavy atom. The molecule has 2 unspecified atom stereocenters. The van der Waals surface area contributed by atoms with Gasteiger partial charge in [0.15, 0.2) is 5.03 Å². The zero-order chi connectivity index (χ0) is 13.3. The first-order chi connectivity index (χ1) is 8.45. The van der Waals surface area contributed by atoms with Crippen LogP contribution in [0.25, 0.3) is 0 Å². The van der Waals surface area contributed by atoms with E-state index in [1.165, 1.54) is 4.31 Å². The highest BCUT2D eigenvalue weighted by Gasteiger charge is 2.33. The number of aryl methyl sites for hydroxylation is 1. The predicted molar refractivity (Wildman–Crippen MR) is 75.7 cm³/mol. The smallest absolute Gasteiger partial charge is 0.262 e. The number of piperidine rings is 1. The van der Waals surface area contributed by atoms with Gasteiger partial charge in [-0.15, -0.1) is 12.4 Å². The van der Waals surface area contributed by atoms with E-state index < -0.39 is 10.0 Å². The topological polar surface area (TPSA) is 81.2 Å². The normalized spacial score (nSPS) is 25.0. The lowest BCUT2D eigenvalue weighted by Gasteiger charge is -2.33. The minimum absolute atomic E-state index is 0. The third kappa shape index (κ3) is 3.28. The lowest BCUT2D eigenvalue weighted by Crippen LogP contribution is -2.48. The molecule has 2 atom stereocenters. The Kier molecular flexibility index (Phi) is 5.37. The molecule has 0 aromatic carbocycles. The van der Waals surface area contributed by atoms with Crippen LogP contribution in [0.4, 0.5) is 0 Å². The van der Waals surface area contributed by atoms with E-state index in [-0.39, 0.29) is 29.4 Å². The monoisotopic (exact) mass is 308 g/mol. The molecular weight excluding hydrogens is 288 g/mol. The average Bonchev–Trinajstić information content (AvgIpc) is 2.81. The number of aromatic nitrogens is 2. The minimum Gasteiger partial charge on any atom is -0.336 e. The summed E-state index contributed by atoms with van der Waals surface area (Å²) >= 11 is 0. The van der Waals surface area contributed by atoms with Gasteiger partial charge >= 0.3 is 0 Å². The molecule has 2 heterocycles. The molecule has 0 amide bonds. The van der Waals surface area contributed by atoms with Crippen LogP contribution in [0.3, 0.4) is 0 Å². The van der Waals surface area contributed by atoms with Crippen molar-refractivity contribution in [3.05, 3.63) is 12.5 Å². The van der Waals surface area contributed by atoms with Crippen molar-refractivity contribution in [1.29, 1.82) is 0 Å². The SMILES string of the molecule is CCn1cnc(S(=O)(=O)N2CCC(N)C(C)C2)c1.Cl. The molecule has 1 fully saturated rings. The number of hydrogen-bond donors (Lipinski definition) is 1. The van der Waals surface area contributed by atoms with Crippen LogP contribution in [-0.4, -0.2) is 41.4 Å². The Balaban J connectivity index is 0.00000180. The quantitative estimate of drug-likeness (QED) is 0.890. The van der Waals surface area contributed by atoms with Crippen molar-refractivity contribution in [3.63, 3.8) is 0 Å². The average molecular weight is 309 g/mol. The molecule has 0 spiro atoms. The number of hydrogen-bond acceptors (Lipinski definition) is 4. The highest BCUT2D eigenvalue weighted by atomic mass is 35.5. The van der Waals surface area contributed by atoms with E-state index in [1.807, 2.05) is 13.8 Å². The van der Waals surface area contributed by atoms with Crippen LogP contribution in [-0.2, 0) is 16.6 Å². The van der Waals surface area contributed by atoms with Gasteiger partial charge in [-0.1, -0.05) is 6.92 Å². The first-order valence-corrected chi connectivity index (χ1v) is 7.66. The molecule has 1 aromatic heterocycles. The summed E-state index contributed by atoms with van der Waals surface area (Å²) in [7, 11) is -3.46. The molecule has 1 aliphatic heterocycles. The highest BCUT2D eigenvalue weighted by molar-refractivity contribution is 7.89. The van der Waals surface area contributed by atoms with E-state index >= 15 is 0 Å². The van der Waals surface area contributed by atoms with Gasteiger partial charge in [0.1, 0.15) is 0 Å². The summed E-state index contributed by atoms with van der Waals surface area (Å²) in [5.41, 5.74) is 5.91. The van der Waals surface area contributed by atoms with Gasteiger partial charge < -0.3 is 10.3 Å². The van der Waals surface area contributed by atoms with Crippen molar-refractivity contribution in [2.24, 2.45) is 11.7 Å². The van der Waals surface area contributed by atoms with Crippen LogP contribution in [0.15, 0.2) is 17.6 Å². The highest BCUT2D eigenvalue weighted by Crippen LogP contribution is 2.21. The number of nitrogens with zero attached hydrogens (tertiary/aromatic N) is 3. The van der Waals surface area contributed by atoms with Crippen LogP contribution in [0.2, 0.25) is 0 Å². The molecule has 19 heavy (non-hydrogen) atoms. The van der Waals surface area contributed by atoms with Crippen LogP contribution in [0.1, 0.15) is 20.3 Å². The summed E-state index contributed by atoms with van der Waals surface area (Å²) < 4.78 is 28.0. The molecule has 2 rings (SSSR count). The largest absolute Gasteiger partial charge is 0.336 e. The van der Waals surface area contributed by atoms with Gasteiger partial charge in [0.05, 0.1) is 6.33 Å². The van der Waals surface area contributed by atoms with E-state index in [9.17, 15) is 8.42 Å². The van der Waals surface area contributed by atoms with Gasteiger partial charge in [-0.05, 0) is 19.3 Å². The molecule has 1 aliphatic rings. The van der Waals surface area contributed by atoms with Gasteiger partial charge in [-0.3, -0.25) is 0 Å². The van der Waals surface area contributed by atoms with E-state index in [4.69, 9.17) is 5.73 Å². The van der Waals surface area contributed by atoms with Crippen LogP contribution in [0, 0.1) is 5.92 Å². The number of imidazole rings is 1. The van der Waals surface area contributed by atoms with Crippen molar-refractivity contribution >= 4 is 22.4 Å². The molecule has 8 heteroatoms. The lowest BCUT2D eigenvalue weighted by atomic mass is 9.96. The van der Waals surface area contributed by atoms with Crippen molar-refractivity contribution < 1.29 is 8.42 Å². The number of rotatable bonds is 3. The maximum absolute atomic E-state index is 12.4. The molecule has 0 radical (unpaired) electrons. The van der Waals surface area contributed by atoms with Gasteiger partial charge in [-0.25, -0.2) is 13.4 Å². The van der Waals surface area contributed by atoms with Crippen molar-refractivity contribution in [2.75, 3.05) is 13.1 Å². The van der Waals surface area contributed by atoms with Crippen molar-refractivity contribution in [1.82, 2.24) is 13.9 Å². The number of sulfonamides is 1. The molecule has 1 aromatic rings. The summed E-state index contributed by atoms with van der Waals surface area (Å²) in [6.45, 7) is 5.59. The van der Waals surface area contributed by atoms with E-state index in [0.717, 1.165) is 0 Å². The van der Waals surface area contributed by atoms with Gasteiger partial charge in [0, 0.05) is 31.9 Å². The van der Waals surface area contributed by atoms with E-state index in [2.05, 4.69) is 4.98 Å². The lowest BCUT2D eigenvalue weighted by molar-refractivity contribution is 0.249. The van der Waals surface area contributed by atoms with Crippen LogP contribution in [0.5, 0.6) is 0 Å². The van der Waals surface area contributed by atoms with Gasteiger partial charge in [0.2, 0.25) is 0 Å². The van der Waals surface area contributed by atoms with Gasteiger partial charge in [-0.2, -0.15) is 4.31 Å². The second-order valence-corrected chi connectivity index (χ2v) is 6.72. The molecule has 2 N–H and O–H groups in total. The molecule has 110 valence electrons. The molecule has 0 saturated carbocycles. The van der Waals surface area contributed by atoms with Crippen LogP contribution < -0.4 is 5.73 Å². The minimum atomic E-state index is -3.46. The third-order valence-corrected chi connectivity index (χ3v) is 5.26. The number of nitrogens with two attached hydrogens (primary N) is 1. The Morgan fingerprint density at radius 3 is 2.74 bits per heavy atom. The molecular formula is C11H21ClN4O2S. The first kappa shape index (κ1) is 16.4. The molecule has 1 saturated heterocycles.